The van der Waals surface area contributed by atoms with Crippen LogP contribution in [0.1, 0.15) is 40.5 Å². The van der Waals surface area contributed by atoms with Gasteiger partial charge in [-0.15, -0.1) is 0 Å². The first-order valence-corrected chi connectivity index (χ1v) is 11.3. The van der Waals surface area contributed by atoms with Crippen molar-refractivity contribution in [3.05, 3.63) is 0 Å². The predicted octanol–water partition coefficient (Wildman–Crippen LogP) is 4.23. The lowest BCUT2D eigenvalue weighted by Crippen LogP contribution is -2.62. The van der Waals surface area contributed by atoms with Crippen LogP contribution in [0.25, 0.3) is 0 Å². The smallest absolute Gasteiger partial charge is 0.231 e. The van der Waals surface area contributed by atoms with E-state index >= 15 is 0 Å². The Morgan fingerprint density at radius 3 is 1.25 bits per heavy atom. The van der Waals surface area contributed by atoms with Crippen molar-refractivity contribution >= 4 is 75.5 Å². The molecule has 1 heterocycles. The number of nitrogens with zero attached hydrogens (tertiary/aromatic N) is 2. The Morgan fingerprint density at radius 2 is 1.04 bits per heavy atom. The van der Waals surface area contributed by atoms with Gasteiger partial charge in [0, 0.05) is 25.2 Å². The number of hydrogen-bond acceptors (Lipinski definition) is 2. The molecule has 24 heavy (non-hydrogen) atoms. The van der Waals surface area contributed by atoms with Gasteiger partial charge in [0.05, 0.1) is 17.3 Å². The molecule has 3 fully saturated rings. The Hall–Kier alpha value is 0.860. The Kier molecular flexibility index (Phi) is 4.64. The van der Waals surface area contributed by atoms with Crippen LogP contribution < -0.4 is 0 Å². The second kappa shape index (κ2) is 5.68. The normalized spacial score (nSPS) is 42.7. The zero-order chi connectivity index (χ0) is 18.3. The summed E-state index contributed by atoms with van der Waals surface area (Å²) >= 11 is 14.3. The second-order valence-corrected chi connectivity index (χ2v) is 15.6. The quantitative estimate of drug-likeness (QED) is 0.450. The molecular weight excluding hydrogens is 572 g/mol. The first-order chi connectivity index (χ1) is 10.8. The van der Waals surface area contributed by atoms with E-state index in [0.29, 0.717) is 13.1 Å². The van der Waals surface area contributed by atoms with Gasteiger partial charge in [-0.05, 0) is 40.5 Å². The Labute approximate surface area is 177 Å². The molecule has 3 rings (SSSR count). The van der Waals surface area contributed by atoms with Gasteiger partial charge in [-0.1, -0.05) is 63.7 Å². The number of carbonyl (C=O) groups is 2. The number of alkyl halides is 4. The molecule has 8 heteroatoms. The van der Waals surface area contributed by atoms with Gasteiger partial charge in [0.25, 0.3) is 0 Å². The fourth-order valence-electron chi connectivity index (χ4n) is 3.59. The van der Waals surface area contributed by atoms with Crippen LogP contribution in [0.5, 0.6) is 0 Å². The van der Waals surface area contributed by atoms with E-state index in [1.165, 1.54) is 0 Å². The molecule has 0 radical (unpaired) electrons. The summed E-state index contributed by atoms with van der Waals surface area (Å²) in [4.78, 5) is 29.9. The lowest BCUT2D eigenvalue weighted by molar-refractivity contribution is -0.151. The van der Waals surface area contributed by atoms with Crippen LogP contribution in [0.15, 0.2) is 0 Å². The highest BCUT2D eigenvalue weighted by Crippen LogP contribution is 2.68. The first-order valence-electron chi connectivity index (χ1n) is 8.15. The SMILES string of the molecule is C[C@@H]1CN(C(=O)[C@]2(C)CC2(Br)Br)[C@H](C)CN1C(=O)[C@]1(C)CC1(Br)Br. The minimum absolute atomic E-state index is 0.0216. The Morgan fingerprint density at radius 1 is 0.792 bits per heavy atom. The van der Waals surface area contributed by atoms with Crippen molar-refractivity contribution in [1.82, 2.24) is 9.80 Å². The summed E-state index contributed by atoms with van der Waals surface area (Å²) in [6.07, 6.45) is 1.57. The van der Waals surface area contributed by atoms with Gasteiger partial charge in [-0.2, -0.15) is 0 Å². The van der Waals surface area contributed by atoms with Gasteiger partial charge in [0.2, 0.25) is 11.8 Å². The zero-order valence-electron chi connectivity index (χ0n) is 14.2. The van der Waals surface area contributed by atoms with Crippen LogP contribution in [0.2, 0.25) is 0 Å². The summed E-state index contributed by atoms with van der Waals surface area (Å²) in [5, 5.41) is 0. The average molecular weight is 594 g/mol. The minimum atomic E-state index is -0.406. The van der Waals surface area contributed by atoms with E-state index in [4.69, 9.17) is 0 Å². The number of piperazine rings is 1. The standard InChI is InChI=1S/C16H22Br4N2O2/c1-9-5-22(12(24)14(4)8-16(14,19)20)10(2)6-21(9)11(23)13(3)7-15(13,17)18/h9-10H,5-8H2,1-4H3/t9-,10-,13+,14+/m1/s1. The molecule has 0 spiro atoms. The maximum Gasteiger partial charge on any atom is 0.231 e. The fraction of sp³-hybridized carbons (Fsp3) is 0.875. The van der Waals surface area contributed by atoms with E-state index in [-0.39, 0.29) is 30.4 Å². The van der Waals surface area contributed by atoms with Crippen molar-refractivity contribution in [2.45, 2.75) is 59.1 Å². The lowest BCUT2D eigenvalue weighted by atomic mass is 10.00. The molecule has 3 aliphatic rings. The molecule has 0 aromatic heterocycles. The van der Waals surface area contributed by atoms with E-state index in [0.717, 1.165) is 12.8 Å². The third-order valence-corrected chi connectivity index (χ3v) is 10.6. The highest BCUT2D eigenvalue weighted by Gasteiger charge is 2.69. The van der Waals surface area contributed by atoms with E-state index in [2.05, 4.69) is 63.7 Å². The number of carbonyl (C=O) groups excluding carboxylic acids is 2. The number of rotatable bonds is 2. The predicted molar refractivity (Wildman–Crippen MR) is 109 cm³/mol. The van der Waals surface area contributed by atoms with Crippen molar-refractivity contribution in [3.8, 4) is 0 Å². The lowest BCUT2D eigenvalue weighted by Gasteiger charge is -2.46. The highest BCUT2D eigenvalue weighted by atomic mass is 79.9. The molecule has 1 saturated heterocycles. The molecule has 136 valence electrons. The van der Waals surface area contributed by atoms with Gasteiger partial charge in [0.15, 0.2) is 0 Å². The molecule has 0 bridgehead atoms. The highest BCUT2D eigenvalue weighted by molar-refractivity contribution is 9.26. The molecule has 4 atom stereocenters. The molecule has 1 aliphatic heterocycles. The summed E-state index contributed by atoms with van der Waals surface area (Å²) in [6.45, 7) is 9.22. The van der Waals surface area contributed by atoms with E-state index in [1.807, 2.05) is 37.5 Å². The zero-order valence-corrected chi connectivity index (χ0v) is 20.5. The summed E-state index contributed by atoms with van der Waals surface area (Å²) in [7, 11) is 0. The summed E-state index contributed by atoms with van der Waals surface area (Å²) in [5.41, 5.74) is -0.812. The topological polar surface area (TPSA) is 40.6 Å². The first kappa shape index (κ1) is 19.6. The van der Waals surface area contributed by atoms with Crippen LogP contribution in [0.3, 0.4) is 0 Å². The van der Waals surface area contributed by atoms with Crippen LogP contribution in [0.4, 0.5) is 0 Å². The number of amides is 2. The molecule has 2 saturated carbocycles. The average Bonchev–Trinajstić information content (AvgIpc) is 3.19. The van der Waals surface area contributed by atoms with Crippen LogP contribution in [-0.4, -0.2) is 53.3 Å². The summed E-state index contributed by atoms with van der Waals surface area (Å²) in [6, 6.07) is 0.0431. The van der Waals surface area contributed by atoms with E-state index in [1.54, 1.807) is 0 Å². The van der Waals surface area contributed by atoms with Crippen molar-refractivity contribution in [3.63, 3.8) is 0 Å². The molecule has 4 nitrogen and oxygen atoms in total. The van der Waals surface area contributed by atoms with Crippen molar-refractivity contribution in [1.29, 1.82) is 0 Å². The summed E-state index contributed by atoms with van der Waals surface area (Å²) < 4.78 is -0.569. The molecule has 0 N–H and O–H groups in total. The Balaban J connectivity index is 1.72. The van der Waals surface area contributed by atoms with Crippen molar-refractivity contribution in [2.24, 2.45) is 10.8 Å². The Bertz CT molecular complexity index is 559. The van der Waals surface area contributed by atoms with Crippen molar-refractivity contribution in [2.75, 3.05) is 13.1 Å². The molecule has 2 amide bonds. The van der Waals surface area contributed by atoms with Crippen LogP contribution >= 0.6 is 63.7 Å². The third kappa shape index (κ3) is 2.76. The monoisotopic (exact) mass is 590 g/mol. The van der Waals surface area contributed by atoms with Gasteiger partial charge < -0.3 is 9.80 Å². The minimum Gasteiger partial charge on any atom is -0.336 e. The van der Waals surface area contributed by atoms with Gasteiger partial charge >= 0.3 is 0 Å². The molecule has 0 unspecified atom stereocenters. The third-order valence-electron chi connectivity index (χ3n) is 5.97. The van der Waals surface area contributed by atoms with Gasteiger partial charge in [-0.3, -0.25) is 9.59 Å². The summed E-state index contributed by atoms with van der Waals surface area (Å²) in [5.74, 6) is 0.325. The van der Waals surface area contributed by atoms with Gasteiger partial charge in [0.1, 0.15) is 0 Å². The molecule has 0 aromatic carbocycles. The molecule has 2 aliphatic carbocycles. The second-order valence-electron chi connectivity index (χ2n) is 8.04. The molecule has 0 aromatic rings. The van der Waals surface area contributed by atoms with E-state index in [9.17, 15) is 9.59 Å². The maximum absolute atomic E-state index is 13.0. The van der Waals surface area contributed by atoms with Gasteiger partial charge in [-0.25, -0.2) is 0 Å². The maximum atomic E-state index is 13.0. The fourth-order valence-corrected chi connectivity index (χ4v) is 6.51. The van der Waals surface area contributed by atoms with Crippen LogP contribution in [0, 0.1) is 10.8 Å². The number of hydrogen-bond donors (Lipinski definition) is 0. The largest absolute Gasteiger partial charge is 0.336 e. The van der Waals surface area contributed by atoms with Crippen molar-refractivity contribution < 1.29 is 9.59 Å². The van der Waals surface area contributed by atoms with E-state index < -0.39 is 10.8 Å². The number of halogens is 4. The molecular formula is C16H22Br4N2O2. The van der Waals surface area contributed by atoms with Crippen LogP contribution in [-0.2, 0) is 9.59 Å².